The minimum atomic E-state index is 0.122. The summed E-state index contributed by atoms with van der Waals surface area (Å²) >= 11 is 5.93. The molecule has 0 atom stereocenters. The van der Waals surface area contributed by atoms with Crippen LogP contribution in [0.5, 0.6) is 0 Å². The first-order chi connectivity index (χ1) is 12.7. The van der Waals surface area contributed by atoms with Crippen LogP contribution in [-0.2, 0) is 6.54 Å². The second-order valence-corrected chi connectivity index (χ2v) is 6.12. The average molecular weight is 370 g/mol. The van der Waals surface area contributed by atoms with Crippen LogP contribution in [0.1, 0.15) is 12.0 Å². The fourth-order valence-electron chi connectivity index (χ4n) is 2.35. The number of rotatable bonds is 8. The molecule has 1 aromatic carbocycles. The van der Waals surface area contributed by atoms with Crippen molar-refractivity contribution < 1.29 is 5.11 Å². The van der Waals surface area contributed by atoms with Crippen molar-refractivity contribution >= 4 is 23.4 Å². The van der Waals surface area contributed by atoms with Gasteiger partial charge in [0.25, 0.3) is 0 Å². The van der Waals surface area contributed by atoms with Gasteiger partial charge in [-0.1, -0.05) is 23.7 Å². The molecule has 0 spiro atoms. The van der Waals surface area contributed by atoms with E-state index in [2.05, 4.69) is 25.6 Å². The molecule has 0 bridgehead atoms. The Hall–Kier alpha value is -2.70. The third kappa shape index (κ3) is 5.15. The molecule has 2 heterocycles. The molecule has 0 saturated carbocycles. The van der Waals surface area contributed by atoms with Crippen LogP contribution in [0.4, 0.5) is 11.8 Å². The van der Waals surface area contributed by atoms with Gasteiger partial charge in [-0.05, 0) is 36.2 Å². The molecule has 0 amide bonds. The zero-order valence-corrected chi connectivity index (χ0v) is 14.9. The summed E-state index contributed by atoms with van der Waals surface area (Å²) in [5.74, 6) is 1.22. The summed E-state index contributed by atoms with van der Waals surface area (Å²) in [5, 5.41) is 16.1. The van der Waals surface area contributed by atoms with E-state index < -0.39 is 0 Å². The van der Waals surface area contributed by atoms with Crippen LogP contribution >= 0.6 is 11.6 Å². The number of hydrogen-bond acceptors (Lipinski definition) is 6. The van der Waals surface area contributed by atoms with Crippen molar-refractivity contribution in [2.45, 2.75) is 13.0 Å². The highest BCUT2D eigenvalue weighted by Crippen LogP contribution is 2.21. The van der Waals surface area contributed by atoms with Crippen molar-refractivity contribution in [3.8, 4) is 11.3 Å². The lowest BCUT2D eigenvalue weighted by molar-refractivity contribution is 0.292. The lowest BCUT2D eigenvalue weighted by Gasteiger charge is -2.11. The van der Waals surface area contributed by atoms with Gasteiger partial charge < -0.3 is 15.7 Å². The molecule has 0 unspecified atom stereocenters. The number of nitrogens with one attached hydrogen (secondary N) is 2. The van der Waals surface area contributed by atoms with Crippen molar-refractivity contribution in [1.29, 1.82) is 0 Å². The zero-order chi connectivity index (χ0) is 18.2. The Morgan fingerprint density at radius 1 is 1.04 bits per heavy atom. The van der Waals surface area contributed by atoms with Crippen LogP contribution in [-0.4, -0.2) is 33.2 Å². The lowest BCUT2D eigenvalue weighted by atomic mass is 10.2. The zero-order valence-electron chi connectivity index (χ0n) is 14.2. The molecule has 0 aliphatic carbocycles. The summed E-state index contributed by atoms with van der Waals surface area (Å²) in [7, 11) is 0. The Morgan fingerprint density at radius 3 is 2.62 bits per heavy atom. The minimum absolute atomic E-state index is 0.122. The molecule has 3 N–H and O–H groups in total. The van der Waals surface area contributed by atoms with Crippen LogP contribution in [0.15, 0.2) is 54.9 Å². The van der Waals surface area contributed by atoms with E-state index in [0.29, 0.717) is 36.3 Å². The van der Waals surface area contributed by atoms with Crippen LogP contribution in [0.2, 0.25) is 5.02 Å². The second-order valence-electron chi connectivity index (χ2n) is 5.69. The van der Waals surface area contributed by atoms with Crippen molar-refractivity contribution in [2.75, 3.05) is 23.8 Å². The fraction of sp³-hybridized carbons (Fsp3) is 0.211. The SMILES string of the molecule is OCCCNc1nc(NCc2ccc(Cl)cc2)cc(-c2cccnc2)n1. The number of anilines is 2. The Bertz CT molecular complexity index is 827. The van der Waals surface area contributed by atoms with Gasteiger partial charge in [-0.25, -0.2) is 4.98 Å². The van der Waals surface area contributed by atoms with Crippen molar-refractivity contribution in [2.24, 2.45) is 0 Å². The molecule has 3 rings (SSSR count). The third-order valence-corrected chi connectivity index (χ3v) is 3.94. The largest absolute Gasteiger partial charge is 0.396 e. The normalized spacial score (nSPS) is 10.5. The van der Waals surface area contributed by atoms with Crippen molar-refractivity contribution in [3.05, 3.63) is 65.4 Å². The van der Waals surface area contributed by atoms with E-state index in [1.165, 1.54) is 0 Å². The van der Waals surface area contributed by atoms with E-state index >= 15 is 0 Å². The number of aromatic nitrogens is 3. The van der Waals surface area contributed by atoms with E-state index in [1.54, 1.807) is 12.4 Å². The molecule has 26 heavy (non-hydrogen) atoms. The second kappa shape index (κ2) is 9.12. The number of halogens is 1. The number of nitrogens with zero attached hydrogens (tertiary/aromatic N) is 3. The maximum Gasteiger partial charge on any atom is 0.225 e. The first-order valence-corrected chi connectivity index (χ1v) is 8.75. The molecule has 0 aliphatic heterocycles. The lowest BCUT2D eigenvalue weighted by Crippen LogP contribution is -2.10. The molecule has 0 radical (unpaired) electrons. The predicted molar refractivity (Wildman–Crippen MR) is 104 cm³/mol. The quantitative estimate of drug-likeness (QED) is 0.526. The summed E-state index contributed by atoms with van der Waals surface area (Å²) in [6.45, 7) is 1.34. The Kier molecular flexibility index (Phi) is 6.35. The van der Waals surface area contributed by atoms with Gasteiger partial charge in [0.05, 0.1) is 5.69 Å². The molecule has 0 fully saturated rings. The number of aliphatic hydroxyl groups excluding tert-OH is 1. The average Bonchev–Trinajstić information content (AvgIpc) is 2.68. The highest BCUT2D eigenvalue weighted by molar-refractivity contribution is 6.30. The molecule has 6 nitrogen and oxygen atoms in total. The van der Waals surface area contributed by atoms with Crippen LogP contribution in [0.3, 0.4) is 0 Å². The predicted octanol–water partition coefficient (Wildman–Crippen LogP) is 3.60. The fourth-order valence-corrected chi connectivity index (χ4v) is 2.48. The van der Waals surface area contributed by atoms with E-state index in [9.17, 15) is 0 Å². The van der Waals surface area contributed by atoms with Gasteiger partial charge in [-0.3, -0.25) is 4.98 Å². The van der Waals surface area contributed by atoms with Gasteiger partial charge in [0, 0.05) is 48.7 Å². The molecule has 2 aromatic heterocycles. The third-order valence-electron chi connectivity index (χ3n) is 3.69. The van der Waals surface area contributed by atoms with Crippen molar-refractivity contribution in [3.63, 3.8) is 0 Å². The molecule has 0 saturated heterocycles. The maximum absolute atomic E-state index is 8.95. The maximum atomic E-state index is 8.95. The number of pyridine rings is 1. The summed E-state index contributed by atoms with van der Waals surface area (Å²) in [6.07, 6.45) is 4.13. The van der Waals surface area contributed by atoms with Gasteiger partial charge in [-0.2, -0.15) is 4.98 Å². The summed E-state index contributed by atoms with van der Waals surface area (Å²) in [6, 6.07) is 13.4. The molecule has 134 valence electrons. The van der Waals surface area contributed by atoms with Gasteiger partial charge in [0.1, 0.15) is 5.82 Å². The van der Waals surface area contributed by atoms with Gasteiger partial charge in [-0.15, -0.1) is 0 Å². The van der Waals surface area contributed by atoms with E-state index in [4.69, 9.17) is 16.7 Å². The van der Waals surface area contributed by atoms with Crippen LogP contribution in [0.25, 0.3) is 11.3 Å². The Balaban J connectivity index is 1.80. The van der Waals surface area contributed by atoms with Crippen LogP contribution in [0, 0.1) is 0 Å². The molecular weight excluding hydrogens is 350 g/mol. The monoisotopic (exact) mass is 369 g/mol. The Labute approximate surface area is 157 Å². The highest BCUT2D eigenvalue weighted by atomic mass is 35.5. The standard InChI is InChI=1S/C19H20ClN5O/c20-16-6-4-14(5-7-16)12-23-18-11-17(15-3-1-8-21-13-15)24-19(25-18)22-9-2-10-26/h1,3-8,11,13,26H,2,9-10,12H2,(H2,22,23,24,25). The van der Waals surface area contributed by atoms with Gasteiger partial charge >= 0.3 is 0 Å². The van der Waals surface area contributed by atoms with Crippen LogP contribution < -0.4 is 10.6 Å². The molecular formula is C19H20ClN5O. The molecule has 0 aliphatic rings. The summed E-state index contributed by atoms with van der Waals surface area (Å²) in [4.78, 5) is 13.2. The Morgan fingerprint density at radius 2 is 1.88 bits per heavy atom. The van der Waals surface area contributed by atoms with E-state index in [1.807, 2.05) is 42.5 Å². The number of benzene rings is 1. The first-order valence-electron chi connectivity index (χ1n) is 8.37. The summed E-state index contributed by atoms with van der Waals surface area (Å²) in [5.41, 5.74) is 2.79. The topological polar surface area (TPSA) is 83.0 Å². The summed E-state index contributed by atoms with van der Waals surface area (Å²) < 4.78 is 0. The smallest absolute Gasteiger partial charge is 0.225 e. The van der Waals surface area contributed by atoms with Gasteiger partial charge in [0.15, 0.2) is 0 Å². The van der Waals surface area contributed by atoms with E-state index in [-0.39, 0.29) is 6.61 Å². The first kappa shape index (κ1) is 18.1. The molecule has 3 aromatic rings. The van der Waals surface area contributed by atoms with Gasteiger partial charge in [0.2, 0.25) is 5.95 Å². The number of aliphatic hydroxyl groups is 1. The minimum Gasteiger partial charge on any atom is -0.396 e. The van der Waals surface area contributed by atoms with E-state index in [0.717, 1.165) is 16.8 Å². The van der Waals surface area contributed by atoms with Crippen molar-refractivity contribution in [1.82, 2.24) is 15.0 Å². The molecule has 7 heteroatoms. The highest BCUT2D eigenvalue weighted by Gasteiger charge is 2.07. The number of hydrogen-bond donors (Lipinski definition) is 3.